The van der Waals surface area contributed by atoms with E-state index in [2.05, 4.69) is 21.8 Å². The molecular formula is C12H21N3O4S2. The molecule has 0 radical (unpaired) electrons. The Hall–Kier alpha value is -1.06. The first-order valence-corrected chi connectivity index (χ1v) is 9.36. The van der Waals surface area contributed by atoms with Gasteiger partial charge in [0.05, 0.1) is 12.8 Å². The van der Waals surface area contributed by atoms with E-state index in [0.717, 1.165) is 17.7 Å². The zero-order chi connectivity index (χ0) is 15.9. The van der Waals surface area contributed by atoms with E-state index in [9.17, 15) is 13.2 Å². The Labute approximate surface area is 129 Å². The lowest BCUT2D eigenvalue weighted by molar-refractivity contribution is 0.0522. The molecule has 1 aromatic heterocycles. The molecule has 0 spiro atoms. The number of rotatable bonds is 9. The van der Waals surface area contributed by atoms with Crippen molar-refractivity contribution in [2.45, 2.75) is 38.3 Å². The number of esters is 1. The highest BCUT2D eigenvalue weighted by Gasteiger charge is 2.27. The molecule has 9 heteroatoms. The third kappa shape index (κ3) is 5.33. The van der Waals surface area contributed by atoms with E-state index in [1.165, 1.54) is 0 Å². The molecule has 0 aromatic carbocycles. The van der Waals surface area contributed by atoms with Crippen molar-refractivity contribution in [3.63, 3.8) is 0 Å². The molecule has 2 N–H and O–H groups in total. The van der Waals surface area contributed by atoms with E-state index in [1.54, 1.807) is 25.6 Å². The van der Waals surface area contributed by atoms with Crippen molar-refractivity contribution in [3.8, 4) is 0 Å². The molecule has 7 nitrogen and oxygen atoms in total. The number of hydrogen-bond donors (Lipinski definition) is 2. The molecule has 0 aliphatic heterocycles. The second-order valence-electron chi connectivity index (χ2n) is 4.34. The molecule has 0 saturated carbocycles. The average Bonchev–Trinajstić information content (AvgIpc) is 2.88. The van der Waals surface area contributed by atoms with Gasteiger partial charge in [-0.25, -0.2) is 17.9 Å². The number of H-pyrrole nitrogens is 1. The number of sulfonamides is 1. The van der Waals surface area contributed by atoms with Crippen molar-refractivity contribution < 1.29 is 17.9 Å². The first-order valence-electron chi connectivity index (χ1n) is 6.72. The molecule has 0 fully saturated rings. The fourth-order valence-corrected chi connectivity index (χ4v) is 3.79. The van der Waals surface area contributed by atoms with E-state index < -0.39 is 16.0 Å². The summed E-state index contributed by atoms with van der Waals surface area (Å²) >= 11 is 1.75. The third-order valence-corrected chi connectivity index (χ3v) is 5.12. The predicted molar refractivity (Wildman–Crippen MR) is 81.9 cm³/mol. The highest BCUT2D eigenvalue weighted by atomic mass is 32.2. The van der Waals surface area contributed by atoms with E-state index in [1.807, 2.05) is 0 Å². The fraction of sp³-hybridized carbons (Fsp3) is 0.667. The lowest BCUT2D eigenvalue weighted by Crippen LogP contribution is -2.34. The van der Waals surface area contributed by atoms with Gasteiger partial charge in [-0.2, -0.15) is 16.9 Å². The van der Waals surface area contributed by atoms with Gasteiger partial charge >= 0.3 is 5.97 Å². The maximum absolute atomic E-state index is 12.3. The normalized spacial score (nSPS) is 13.1. The van der Waals surface area contributed by atoms with Crippen LogP contribution in [0.1, 0.15) is 37.6 Å². The Morgan fingerprint density at radius 3 is 2.86 bits per heavy atom. The number of ether oxygens (including phenoxy) is 1. The zero-order valence-corrected chi connectivity index (χ0v) is 14.0. The standard InChI is InChI=1S/C12H21N3O4S2/c1-4-19-12(16)10-8-13-14-11(10)21(17,18)15-9(3)6-7-20-5-2/h8-9,15H,4-7H2,1-3H3,(H,13,14). The quantitative estimate of drug-likeness (QED) is 0.522. The maximum atomic E-state index is 12.3. The summed E-state index contributed by atoms with van der Waals surface area (Å²) in [5, 5.41) is 5.72. The molecule has 1 atom stereocenters. The van der Waals surface area contributed by atoms with Crippen LogP contribution in [0.2, 0.25) is 0 Å². The van der Waals surface area contributed by atoms with Crippen molar-refractivity contribution >= 4 is 27.8 Å². The topological polar surface area (TPSA) is 101 Å². The molecule has 0 bridgehead atoms. The molecule has 1 rings (SSSR count). The molecule has 120 valence electrons. The van der Waals surface area contributed by atoms with Gasteiger partial charge in [0.25, 0.3) is 10.0 Å². The Bertz CT molecular complexity index is 557. The van der Waals surface area contributed by atoms with Crippen molar-refractivity contribution in [2.75, 3.05) is 18.1 Å². The molecule has 1 heterocycles. The second-order valence-corrected chi connectivity index (χ2v) is 7.39. The summed E-state index contributed by atoms with van der Waals surface area (Å²) in [5.41, 5.74) is -0.0838. The SMILES string of the molecule is CCOC(=O)c1cn[nH]c1S(=O)(=O)NC(C)CCSCC. The lowest BCUT2D eigenvalue weighted by Gasteiger charge is -2.13. The van der Waals surface area contributed by atoms with E-state index >= 15 is 0 Å². The van der Waals surface area contributed by atoms with Crippen molar-refractivity contribution in [1.82, 2.24) is 14.9 Å². The van der Waals surface area contributed by atoms with Gasteiger partial charge < -0.3 is 4.74 Å². The van der Waals surface area contributed by atoms with Gasteiger partial charge in [-0.1, -0.05) is 6.92 Å². The number of hydrogen-bond acceptors (Lipinski definition) is 6. The number of nitrogens with one attached hydrogen (secondary N) is 2. The summed E-state index contributed by atoms with van der Waals surface area (Å²) in [5.74, 6) is 1.15. The second kappa shape index (κ2) is 8.40. The summed E-state index contributed by atoms with van der Waals surface area (Å²) in [6.45, 7) is 5.66. The average molecular weight is 335 g/mol. The van der Waals surface area contributed by atoms with Crippen LogP contribution in [-0.2, 0) is 14.8 Å². The number of thioether (sulfide) groups is 1. The third-order valence-electron chi connectivity index (χ3n) is 2.62. The number of aromatic amines is 1. The van der Waals surface area contributed by atoms with Gasteiger partial charge in [-0.15, -0.1) is 0 Å². The zero-order valence-electron chi connectivity index (χ0n) is 12.4. The minimum atomic E-state index is -3.83. The monoisotopic (exact) mass is 335 g/mol. The van der Waals surface area contributed by atoms with Crippen LogP contribution in [0.25, 0.3) is 0 Å². The van der Waals surface area contributed by atoms with Gasteiger partial charge in [0.15, 0.2) is 5.03 Å². The number of aromatic nitrogens is 2. The molecule has 0 aliphatic carbocycles. The van der Waals surface area contributed by atoms with Gasteiger partial charge in [0, 0.05) is 6.04 Å². The minimum Gasteiger partial charge on any atom is -0.462 e. The molecular weight excluding hydrogens is 314 g/mol. The van der Waals surface area contributed by atoms with Crippen LogP contribution in [0, 0.1) is 0 Å². The van der Waals surface area contributed by atoms with Crippen molar-refractivity contribution in [1.29, 1.82) is 0 Å². The summed E-state index contributed by atoms with van der Waals surface area (Å²) in [6.07, 6.45) is 1.87. The molecule has 0 aliphatic rings. The minimum absolute atomic E-state index is 0.0838. The van der Waals surface area contributed by atoms with Gasteiger partial charge in [0.2, 0.25) is 0 Å². The largest absolute Gasteiger partial charge is 0.462 e. The lowest BCUT2D eigenvalue weighted by atomic mass is 10.3. The van der Waals surface area contributed by atoms with E-state index in [4.69, 9.17) is 4.74 Å². The van der Waals surface area contributed by atoms with E-state index in [0.29, 0.717) is 6.42 Å². The van der Waals surface area contributed by atoms with Crippen LogP contribution >= 0.6 is 11.8 Å². The molecule has 1 unspecified atom stereocenters. The smallest absolute Gasteiger partial charge is 0.342 e. The van der Waals surface area contributed by atoms with Crippen LogP contribution in [0.3, 0.4) is 0 Å². The highest BCUT2D eigenvalue weighted by Crippen LogP contribution is 2.14. The Kier molecular flexibility index (Phi) is 7.20. The summed E-state index contributed by atoms with van der Waals surface area (Å²) < 4.78 is 31.9. The number of carbonyl (C=O) groups is 1. The van der Waals surface area contributed by atoms with Crippen LogP contribution in [0.15, 0.2) is 11.2 Å². The highest BCUT2D eigenvalue weighted by molar-refractivity contribution is 7.99. The van der Waals surface area contributed by atoms with Crippen molar-refractivity contribution in [3.05, 3.63) is 11.8 Å². The summed E-state index contributed by atoms with van der Waals surface area (Å²) in [4.78, 5) is 11.7. The Balaban J connectivity index is 2.79. The Morgan fingerprint density at radius 2 is 2.24 bits per heavy atom. The van der Waals surface area contributed by atoms with Gasteiger partial charge in [0.1, 0.15) is 5.56 Å². The van der Waals surface area contributed by atoms with Crippen LogP contribution < -0.4 is 4.72 Å². The predicted octanol–water partition coefficient (Wildman–Crippen LogP) is 1.40. The summed E-state index contributed by atoms with van der Waals surface area (Å²) in [6, 6.07) is -0.229. The van der Waals surface area contributed by atoms with Gasteiger partial charge in [-0.3, -0.25) is 5.10 Å². The van der Waals surface area contributed by atoms with E-state index in [-0.39, 0.29) is 23.2 Å². The van der Waals surface area contributed by atoms with Crippen LogP contribution in [0.4, 0.5) is 0 Å². The van der Waals surface area contributed by atoms with Crippen LogP contribution in [0.5, 0.6) is 0 Å². The molecule has 0 saturated heterocycles. The first-order chi connectivity index (χ1) is 9.92. The van der Waals surface area contributed by atoms with Crippen molar-refractivity contribution in [2.24, 2.45) is 0 Å². The van der Waals surface area contributed by atoms with Gasteiger partial charge in [-0.05, 0) is 31.8 Å². The number of carbonyl (C=O) groups excluding carboxylic acids is 1. The van der Waals surface area contributed by atoms with Crippen LogP contribution in [-0.4, -0.2) is 48.7 Å². The number of nitrogens with zero attached hydrogens (tertiary/aromatic N) is 1. The Morgan fingerprint density at radius 1 is 1.52 bits per heavy atom. The first kappa shape index (κ1) is 18.0. The molecule has 21 heavy (non-hydrogen) atoms. The maximum Gasteiger partial charge on any atom is 0.342 e. The molecule has 1 aromatic rings. The molecule has 0 amide bonds. The summed E-state index contributed by atoms with van der Waals surface area (Å²) in [7, 11) is -3.83. The fourth-order valence-electron chi connectivity index (χ4n) is 1.62.